The molecule has 0 bridgehead atoms. The molecule has 2 aromatic carbocycles. The molecule has 0 aliphatic carbocycles. The number of nitrogens with one attached hydrogen (secondary N) is 2. The van der Waals surface area contributed by atoms with Crippen LogP contribution in [0.5, 0.6) is 0 Å². The van der Waals surface area contributed by atoms with Gasteiger partial charge < -0.3 is 20.0 Å². The van der Waals surface area contributed by atoms with Gasteiger partial charge in [0.1, 0.15) is 12.1 Å². The van der Waals surface area contributed by atoms with Crippen LogP contribution in [0.15, 0.2) is 76.3 Å². The van der Waals surface area contributed by atoms with Crippen LogP contribution in [0.4, 0.5) is 5.82 Å². The molecule has 4 aromatic rings. The lowest BCUT2D eigenvalue weighted by atomic mass is 10.1. The Labute approximate surface area is 211 Å². The van der Waals surface area contributed by atoms with Gasteiger partial charge in [-0.3, -0.25) is 0 Å². The SMILES string of the molecule is CCNC(=NCc1cc(N(C)C)nc2ccccc12)NCc1coc(-c2ccccc2)n1.I. The Bertz CT molecular complexity index is 1210. The molecule has 172 valence electrons. The van der Waals surface area contributed by atoms with Crippen LogP contribution in [0, 0.1) is 0 Å². The number of anilines is 1. The molecule has 8 heteroatoms. The fourth-order valence-electron chi connectivity index (χ4n) is 3.37. The van der Waals surface area contributed by atoms with Crippen molar-refractivity contribution in [1.82, 2.24) is 20.6 Å². The van der Waals surface area contributed by atoms with Crippen molar-refractivity contribution < 1.29 is 4.42 Å². The third-order valence-electron chi connectivity index (χ3n) is 5.01. The number of benzene rings is 2. The Morgan fingerprint density at radius 1 is 1.00 bits per heavy atom. The largest absolute Gasteiger partial charge is 0.444 e. The maximum Gasteiger partial charge on any atom is 0.226 e. The highest BCUT2D eigenvalue weighted by Crippen LogP contribution is 2.23. The zero-order valence-electron chi connectivity index (χ0n) is 19.1. The van der Waals surface area contributed by atoms with E-state index >= 15 is 0 Å². The molecular formula is C25H29IN6O. The van der Waals surface area contributed by atoms with Crippen molar-refractivity contribution in [1.29, 1.82) is 0 Å². The molecule has 0 aliphatic heterocycles. The summed E-state index contributed by atoms with van der Waals surface area (Å²) in [5, 5.41) is 7.76. The van der Waals surface area contributed by atoms with Crippen LogP contribution < -0.4 is 15.5 Å². The number of aliphatic imine (C=N–C) groups is 1. The molecule has 4 rings (SSSR count). The summed E-state index contributed by atoms with van der Waals surface area (Å²) in [6.07, 6.45) is 1.68. The van der Waals surface area contributed by atoms with Gasteiger partial charge in [-0.2, -0.15) is 0 Å². The third-order valence-corrected chi connectivity index (χ3v) is 5.01. The molecule has 0 atom stereocenters. The highest BCUT2D eigenvalue weighted by molar-refractivity contribution is 14.0. The molecule has 2 N–H and O–H groups in total. The molecule has 33 heavy (non-hydrogen) atoms. The quantitative estimate of drug-likeness (QED) is 0.193. The van der Waals surface area contributed by atoms with Crippen LogP contribution in [0.3, 0.4) is 0 Å². The van der Waals surface area contributed by atoms with E-state index in [1.807, 2.05) is 74.4 Å². The Balaban J connectivity index is 0.00000306. The van der Waals surface area contributed by atoms with Crippen LogP contribution in [0.1, 0.15) is 18.2 Å². The fraction of sp³-hybridized carbons (Fsp3) is 0.240. The van der Waals surface area contributed by atoms with Crippen LogP contribution in [-0.4, -0.2) is 36.6 Å². The highest BCUT2D eigenvalue weighted by Gasteiger charge is 2.09. The number of fused-ring (bicyclic) bond motifs is 1. The number of para-hydroxylation sites is 1. The smallest absolute Gasteiger partial charge is 0.226 e. The van der Waals surface area contributed by atoms with Crippen molar-refractivity contribution in [3.63, 3.8) is 0 Å². The second-order valence-electron chi connectivity index (χ2n) is 7.61. The third kappa shape index (κ3) is 6.22. The van der Waals surface area contributed by atoms with Crippen molar-refractivity contribution in [2.75, 3.05) is 25.5 Å². The first-order valence-corrected chi connectivity index (χ1v) is 10.7. The van der Waals surface area contributed by atoms with Gasteiger partial charge in [0, 0.05) is 31.6 Å². The standard InChI is InChI=1S/C25H28N6O.HI/c1-4-26-25(28-16-20-17-32-24(29-20)18-10-6-5-7-11-18)27-15-19-14-23(31(2)3)30-22-13-9-8-12-21(19)22;/h5-14,17H,4,15-16H2,1-3H3,(H2,26,27,28);1H. The number of halogens is 1. The van der Waals surface area contributed by atoms with E-state index in [-0.39, 0.29) is 24.0 Å². The minimum absolute atomic E-state index is 0. The topological polar surface area (TPSA) is 78.6 Å². The summed E-state index contributed by atoms with van der Waals surface area (Å²) < 4.78 is 5.63. The van der Waals surface area contributed by atoms with Gasteiger partial charge >= 0.3 is 0 Å². The summed E-state index contributed by atoms with van der Waals surface area (Å²) in [7, 11) is 3.99. The van der Waals surface area contributed by atoms with Gasteiger partial charge in [-0.25, -0.2) is 15.0 Å². The predicted molar refractivity (Wildman–Crippen MR) is 145 cm³/mol. The predicted octanol–water partition coefficient (Wildman–Crippen LogP) is 4.83. The molecule has 2 heterocycles. The second kappa shape index (κ2) is 11.6. The van der Waals surface area contributed by atoms with Crippen molar-refractivity contribution in [2.24, 2.45) is 4.99 Å². The molecule has 7 nitrogen and oxygen atoms in total. The van der Waals surface area contributed by atoms with Gasteiger partial charge in [0.2, 0.25) is 5.89 Å². The zero-order valence-corrected chi connectivity index (χ0v) is 21.4. The van der Waals surface area contributed by atoms with Crippen LogP contribution in [0.2, 0.25) is 0 Å². The summed E-state index contributed by atoms with van der Waals surface area (Å²) in [6.45, 7) is 3.86. The number of pyridine rings is 1. The average Bonchev–Trinajstić information content (AvgIpc) is 3.30. The number of nitrogens with zero attached hydrogens (tertiary/aromatic N) is 4. The minimum Gasteiger partial charge on any atom is -0.444 e. The van der Waals surface area contributed by atoms with Crippen LogP contribution in [-0.2, 0) is 13.1 Å². The van der Waals surface area contributed by atoms with Gasteiger partial charge in [-0.05, 0) is 36.8 Å². The van der Waals surface area contributed by atoms with E-state index in [1.54, 1.807) is 6.26 Å². The molecule has 0 aliphatic rings. The van der Waals surface area contributed by atoms with Crippen molar-refractivity contribution in [3.8, 4) is 11.5 Å². The van der Waals surface area contributed by atoms with Crippen molar-refractivity contribution >= 4 is 46.7 Å². The van der Waals surface area contributed by atoms with E-state index in [0.29, 0.717) is 19.0 Å². The fourth-order valence-corrected chi connectivity index (χ4v) is 3.37. The maximum atomic E-state index is 5.63. The number of rotatable bonds is 7. The van der Waals surface area contributed by atoms with Gasteiger partial charge in [0.15, 0.2) is 5.96 Å². The number of hydrogen-bond acceptors (Lipinski definition) is 5. The number of guanidine groups is 1. The maximum absolute atomic E-state index is 5.63. The first-order valence-electron chi connectivity index (χ1n) is 10.7. The van der Waals surface area contributed by atoms with E-state index < -0.39 is 0 Å². The lowest BCUT2D eigenvalue weighted by Gasteiger charge is -2.15. The number of oxazole rings is 1. The Morgan fingerprint density at radius 2 is 1.76 bits per heavy atom. The highest BCUT2D eigenvalue weighted by atomic mass is 127. The first kappa shape index (κ1) is 24.5. The average molecular weight is 556 g/mol. The monoisotopic (exact) mass is 556 g/mol. The number of hydrogen-bond donors (Lipinski definition) is 2. The van der Waals surface area contributed by atoms with Gasteiger partial charge in [-0.15, -0.1) is 24.0 Å². The van der Waals surface area contributed by atoms with E-state index in [9.17, 15) is 0 Å². The van der Waals surface area contributed by atoms with Crippen LogP contribution >= 0.6 is 24.0 Å². The molecule has 0 amide bonds. The van der Waals surface area contributed by atoms with E-state index in [4.69, 9.17) is 14.4 Å². The zero-order chi connectivity index (χ0) is 22.3. The minimum atomic E-state index is 0. The Kier molecular flexibility index (Phi) is 8.65. The summed E-state index contributed by atoms with van der Waals surface area (Å²) in [4.78, 5) is 16.1. The molecular weight excluding hydrogens is 527 g/mol. The van der Waals surface area contributed by atoms with Gasteiger partial charge in [0.05, 0.1) is 24.3 Å². The summed E-state index contributed by atoms with van der Waals surface area (Å²) in [5.74, 6) is 2.26. The normalized spacial score (nSPS) is 11.2. The Hall–Kier alpha value is -3.14. The molecule has 0 unspecified atom stereocenters. The van der Waals surface area contributed by atoms with Crippen molar-refractivity contribution in [3.05, 3.63) is 78.2 Å². The molecule has 0 fully saturated rings. The van der Waals surface area contributed by atoms with Gasteiger partial charge in [-0.1, -0.05) is 36.4 Å². The van der Waals surface area contributed by atoms with Crippen molar-refractivity contribution in [2.45, 2.75) is 20.0 Å². The van der Waals surface area contributed by atoms with E-state index in [1.165, 1.54) is 0 Å². The van der Waals surface area contributed by atoms with Gasteiger partial charge in [0.25, 0.3) is 0 Å². The molecule has 0 radical (unpaired) electrons. The Morgan fingerprint density at radius 3 is 2.52 bits per heavy atom. The number of aromatic nitrogens is 2. The lowest BCUT2D eigenvalue weighted by molar-refractivity contribution is 0.572. The van der Waals surface area contributed by atoms with E-state index in [0.717, 1.165) is 46.0 Å². The molecule has 0 saturated carbocycles. The summed E-state index contributed by atoms with van der Waals surface area (Å²) in [6, 6.07) is 20.1. The van der Waals surface area contributed by atoms with E-state index in [2.05, 4.69) is 27.8 Å². The molecule has 0 spiro atoms. The molecule has 2 aromatic heterocycles. The second-order valence-corrected chi connectivity index (χ2v) is 7.61. The summed E-state index contributed by atoms with van der Waals surface area (Å²) in [5.41, 5.74) is 3.88. The van der Waals surface area contributed by atoms with Crippen LogP contribution in [0.25, 0.3) is 22.4 Å². The summed E-state index contributed by atoms with van der Waals surface area (Å²) >= 11 is 0. The first-order chi connectivity index (χ1) is 15.6. The molecule has 0 saturated heterocycles. The lowest BCUT2D eigenvalue weighted by Crippen LogP contribution is -2.36.